The maximum absolute atomic E-state index is 13.0. The van der Waals surface area contributed by atoms with E-state index in [0.29, 0.717) is 25.9 Å². The molecule has 0 unspecified atom stereocenters. The Labute approximate surface area is 203 Å². The first-order chi connectivity index (χ1) is 16.5. The van der Waals surface area contributed by atoms with Crippen LogP contribution < -0.4 is 5.32 Å². The summed E-state index contributed by atoms with van der Waals surface area (Å²) in [5.74, 6) is -0.0515. The fraction of sp³-hybridized carbons (Fsp3) is 0.423. The Morgan fingerprint density at radius 2 is 1.71 bits per heavy atom. The van der Waals surface area contributed by atoms with E-state index in [1.165, 1.54) is 0 Å². The smallest absolute Gasteiger partial charge is 0.407 e. The Balaban J connectivity index is 1.34. The van der Waals surface area contributed by atoms with Gasteiger partial charge in [-0.2, -0.15) is 11.8 Å². The SMILES string of the molecule is CSCC[C@@H](NC(=O)OCC1c2ccccc2-c2ccccc21)C(=O)N1CC(CCC(=O)O)C1. The van der Waals surface area contributed by atoms with Crippen molar-refractivity contribution in [2.75, 3.05) is 31.7 Å². The molecule has 0 bridgehead atoms. The lowest BCUT2D eigenvalue weighted by Gasteiger charge is -2.41. The van der Waals surface area contributed by atoms with E-state index in [4.69, 9.17) is 9.84 Å². The van der Waals surface area contributed by atoms with Crippen LogP contribution in [0.25, 0.3) is 11.1 Å². The molecule has 0 radical (unpaired) electrons. The van der Waals surface area contributed by atoms with Gasteiger partial charge in [-0.15, -0.1) is 0 Å². The highest BCUT2D eigenvalue weighted by Gasteiger charge is 2.35. The second-order valence-electron chi connectivity index (χ2n) is 8.85. The first-order valence-corrected chi connectivity index (χ1v) is 13.0. The largest absolute Gasteiger partial charge is 0.481 e. The maximum Gasteiger partial charge on any atom is 0.407 e. The topological polar surface area (TPSA) is 95.9 Å². The number of carboxylic acids is 1. The first-order valence-electron chi connectivity index (χ1n) is 11.6. The lowest BCUT2D eigenvalue weighted by Crippen LogP contribution is -2.57. The lowest BCUT2D eigenvalue weighted by atomic mass is 9.93. The van der Waals surface area contributed by atoms with Crippen LogP contribution in [0.5, 0.6) is 0 Å². The number of thioether (sulfide) groups is 1. The van der Waals surface area contributed by atoms with Gasteiger partial charge < -0.3 is 20.1 Å². The monoisotopic (exact) mass is 482 g/mol. The van der Waals surface area contributed by atoms with Crippen molar-refractivity contribution in [2.45, 2.75) is 31.2 Å². The van der Waals surface area contributed by atoms with E-state index in [-0.39, 0.29) is 30.8 Å². The summed E-state index contributed by atoms with van der Waals surface area (Å²) in [6.45, 7) is 1.27. The van der Waals surface area contributed by atoms with Crippen LogP contribution >= 0.6 is 11.8 Å². The Morgan fingerprint density at radius 3 is 2.29 bits per heavy atom. The summed E-state index contributed by atoms with van der Waals surface area (Å²) in [7, 11) is 0. The molecule has 1 aliphatic carbocycles. The molecule has 1 heterocycles. The minimum absolute atomic E-state index is 0.0381. The van der Waals surface area contributed by atoms with Crippen LogP contribution in [0.3, 0.4) is 0 Å². The third-order valence-electron chi connectivity index (χ3n) is 6.58. The molecule has 0 aromatic heterocycles. The number of alkyl carbamates (subject to hydrolysis) is 1. The van der Waals surface area contributed by atoms with Crippen molar-refractivity contribution in [2.24, 2.45) is 5.92 Å². The summed E-state index contributed by atoms with van der Waals surface area (Å²) in [4.78, 5) is 38.1. The second-order valence-corrected chi connectivity index (χ2v) is 9.83. The summed E-state index contributed by atoms with van der Waals surface area (Å²) in [6, 6.07) is 15.7. The van der Waals surface area contributed by atoms with Gasteiger partial charge in [-0.25, -0.2) is 4.79 Å². The summed E-state index contributed by atoms with van der Waals surface area (Å²) in [5, 5.41) is 11.6. The zero-order chi connectivity index (χ0) is 24.1. The summed E-state index contributed by atoms with van der Waals surface area (Å²) in [6.07, 6.45) is 2.56. The lowest BCUT2D eigenvalue weighted by molar-refractivity contribution is -0.141. The minimum atomic E-state index is -0.820. The molecule has 0 spiro atoms. The number of aliphatic carboxylic acids is 1. The molecule has 2 amide bonds. The van der Waals surface area contributed by atoms with Crippen molar-refractivity contribution >= 4 is 29.7 Å². The van der Waals surface area contributed by atoms with Crippen LogP contribution in [0.15, 0.2) is 48.5 Å². The van der Waals surface area contributed by atoms with Crippen molar-refractivity contribution in [3.8, 4) is 11.1 Å². The molecule has 2 aliphatic rings. The van der Waals surface area contributed by atoms with E-state index >= 15 is 0 Å². The van der Waals surface area contributed by atoms with Gasteiger partial charge in [-0.3, -0.25) is 9.59 Å². The van der Waals surface area contributed by atoms with E-state index in [0.717, 1.165) is 28.0 Å². The number of nitrogens with zero attached hydrogens (tertiary/aromatic N) is 1. The number of rotatable bonds is 10. The molecule has 8 heteroatoms. The van der Waals surface area contributed by atoms with Crippen molar-refractivity contribution in [1.82, 2.24) is 10.2 Å². The van der Waals surface area contributed by atoms with Gasteiger partial charge >= 0.3 is 12.1 Å². The molecule has 34 heavy (non-hydrogen) atoms. The number of likely N-dealkylation sites (tertiary alicyclic amines) is 1. The number of fused-ring (bicyclic) bond motifs is 3. The van der Waals surface area contributed by atoms with Gasteiger partial charge in [0.25, 0.3) is 0 Å². The Kier molecular flexibility index (Phi) is 7.77. The van der Waals surface area contributed by atoms with E-state index in [1.807, 2.05) is 30.5 Å². The number of nitrogens with one attached hydrogen (secondary N) is 1. The average Bonchev–Trinajstić information content (AvgIpc) is 3.12. The number of hydrogen-bond acceptors (Lipinski definition) is 5. The summed E-state index contributed by atoms with van der Waals surface area (Å²) >= 11 is 1.61. The molecule has 1 atom stereocenters. The maximum atomic E-state index is 13.0. The van der Waals surface area contributed by atoms with Gasteiger partial charge in [0.1, 0.15) is 12.6 Å². The Bertz CT molecular complexity index is 1010. The molecule has 180 valence electrons. The standard InChI is InChI=1S/C26H30N2O5S/c1-34-13-12-23(25(31)28-14-17(15-28)10-11-24(29)30)27-26(32)33-16-22-20-8-4-2-6-18(20)19-7-3-5-9-21(19)22/h2-9,17,22-23H,10-16H2,1H3,(H,27,32)(H,29,30)/t23-/m1/s1. The molecule has 2 N–H and O–H groups in total. The van der Waals surface area contributed by atoms with Crippen molar-refractivity contribution in [1.29, 1.82) is 0 Å². The molecule has 2 aromatic carbocycles. The molecule has 0 saturated carbocycles. The molecule has 1 saturated heterocycles. The second kappa shape index (κ2) is 11.0. The van der Waals surface area contributed by atoms with Crippen LogP contribution in [-0.4, -0.2) is 65.7 Å². The van der Waals surface area contributed by atoms with E-state index in [2.05, 4.69) is 29.6 Å². The molecule has 4 rings (SSSR count). The van der Waals surface area contributed by atoms with Gasteiger partial charge in [-0.05, 0) is 53.0 Å². The highest BCUT2D eigenvalue weighted by atomic mass is 32.2. The normalized spacial score (nSPS) is 15.7. The third-order valence-corrected chi connectivity index (χ3v) is 7.22. The predicted molar refractivity (Wildman–Crippen MR) is 132 cm³/mol. The van der Waals surface area contributed by atoms with Crippen LogP contribution in [0.1, 0.15) is 36.3 Å². The van der Waals surface area contributed by atoms with Gasteiger partial charge in [-0.1, -0.05) is 48.5 Å². The molecular weight excluding hydrogens is 452 g/mol. The zero-order valence-corrected chi connectivity index (χ0v) is 20.1. The highest BCUT2D eigenvalue weighted by Crippen LogP contribution is 2.44. The van der Waals surface area contributed by atoms with Crippen molar-refractivity contribution in [3.63, 3.8) is 0 Å². The fourth-order valence-corrected chi connectivity index (χ4v) is 5.23. The molecule has 2 aromatic rings. The quantitative estimate of drug-likeness (QED) is 0.532. The minimum Gasteiger partial charge on any atom is -0.481 e. The first kappa shape index (κ1) is 24.1. The number of benzene rings is 2. The molecular formula is C26H30N2O5S. The average molecular weight is 483 g/mol. The summed E-state index contributed by atoms with van der Waals surface area (Å²) in [5.41, 5.74) is 4.60. The number of carboxylic acid groups (broad SMARTS) is 1. The van der Waals surface area contributed by atoms with Gasteiger partial charge in [0, 0.05) is 25.4 Å². The Hall–Kier alpha value is -3.00. The third kappa shape index (κ3) is 5.38. The van der Waals surface area contributed by atoms with E-state index in [1.54, 1.807) is 16.7 Å². The number of ether oxygens (including phenoxy) is 1. The van der Waals surface area contributed by atoms with Crippen LogP contribution in [0.2, 0.25) is 0 Å². The Morgan fingerprint density at radius 1 is 1.09 bits per heavy atom. The highest BCUT2D eigenvalue weighted by molar-refractivity contribution is 7.98. The van der Waals surface area contributed by atoms with Crippen molar-refractivity contribution < 1.29 is 24.2 Å². The van der Waals surface area contributed by atoms with Crippen LogP contribution in [-0.2, 0) is 14.3 Å². The van der Waals surface area contributed by atoms with E-state index in [9.17, 15) is 14.4 Å². The van der Waals surface area contributed by atoms with Gasteiger partial charge in [0.05, 0.1) is 0 Å². The predicted octanol–water partition coefficient (Wildman–Crippen LogP) is 3.97. The zero-order valence-electron chi connectivity index (χ0n) is 19.2. The van der Waals surface area contributed by atoms with Gasteiger partial charge in [0.2, 0.25) is 5.91 Å². The van der Waals surface area contributed by atoms with Gasteiger partial charge in [0.15, 0.2) is 0 Å². The molecule has 1 aliphatic heterocycles. The van der Waals surface area contributed by atoms with Crippen LogP contribution in [0.4, 0.5) is 4.79 Å². The number of amides is 2. The van der Waals surface area contributed by atoms with Crippen LogP contribution in [0, 0.1) is 5.92 Å². The van der Waals surface area contributed by atoms with E-state index < -0.39 is 18.1 Å². The number of carbonyl (C=O) groups is 3. The number of hydrogen-bond donors (Lipinski definition) is 2. The fourth-order valence-electron chi connectivity index (χ4n) is 4.76. The molecule has 1 fully saturated rings. The van der Waals surface area contributed by atoms with Crippen molar-refractivity contribution in [3.05, 3.63) is 59.7 Å². The molecule has 7 nitrogen and oxygen atoms in total. The number of carbonyl (C=O) groups excluding carboxylic acids is 2. The summed E-state index contributed by atoms with van der Waals surface area (Å²) < 4.78 is 5.62.